The maximum Gasteiger partial charge on any atom is 0.180 e. The van der Waals surface area contributed by atoms with Crippen LogP contribution in [0.3, 0.4) is 0 Å². The molecule has 0 saturated carbocycles. The predicted molar refractivity (Wildman–Crippen MR) is 79.5 cm³/mol. The molecule has 0 radical (unpaired) electrons. The van der Waals surface area contributed by atoms with Gasteiger partial charge in [0.1, 0.15) is 12.2 Å². The van der Waals surface area contributed by atoms with Gasteiger partial charge in [-0.2, -0.15) is 0 Å². The van der Waals surface area contributed by atoms with Crippen LogP contribution in [0.25, 0.3) is 17.2 Å². The average Bonchev–Trinajstić information content (AvgIpc) is 2.75. The molecule has 0 fully saturated rings. The van der Waals surface area contributed by atoms with E-state index in [4.69, 9.17) is 4.74 Å². The molecule has 2 aromatic rings. The summed E-state index contributed by atoms with van der Waals surface area (Å²) in [6, 6.07) is 3.06. The van der Waals surface area contributed by atoms with E-state index in [1.807, 2.05) is 6.07 Å². The minimum absolute atomic E-state index is 0.404. The highest BCUT2D eigenvalue weighted by atomic mass is 28.3. The lowest BCUT2D eigenvalue weighted by molar-refractivity contribution is 0.0799. The summed E-state index contributed by atoms with van der Waals surface area (Å²) in [6.45, 7) is 11.9. The molecule has 5 nitrogen and oxygen atoms in total. The van der Waals surface area contributed by atoms with Crippen molar-refractivity contribution >= 4 is 25.3 Å². The second-order valence-corrected chi connectivity index (χ2v) is 11.4. The maximum absolute atomic E-state index is 5.65. The van der Waals surface area contributed by atoms with Crippen LogP contribution in [0.4, 0.5) is 0 Å². The lowest BCUT2D eigenvalue weighted by Gasteiger charge is -2.15. The van der Waals surface area contributed by atoms with Crippen LogP contribution in [0.2, 0.25) is 25.7 Å². The third-order valence-corrected chi connectivity index (χ3v) is 4.52. The molecule has 2 aromatic heterocycles. The van der Waals surface area contributed by atoms with Crippen molar-refractivity contribution in [2.24, 2.45) is 0 Å². The second kappa shape index (κ2) is 5.62. The zero-order valence-corrected chi connectivity index (χ0v) is 12.8. The SMILES string of the molecule is C=Cc1cnc2c(c1)nnn2COCC[Si](C)(C)C. The first kappa shape index (κ1) is 13.9. The van der Waals surface area contributed by atoms with E-state index in [2.05, 4.69) is 41.5 Å². The van der Waals surface area contributed by atoms with Crippen LogP contribution in [-0.4, -0.2) is 34.7 Å². The standard InChI is InChI=1S/C13H20N4OSi/c1-5-11-8-12-13(14-9-11)17(16-15-12)10-18-6-7-19(2,3)4/h5,8-9H,1,6-7,10H2,2-4H3. The molecule has 2 heterocycles. The molecule has 0 saturated heterocycles. The number of aromatic nitrogens is 4. The van der Waals surface area contributed by atoms with Gasteiger partial charge in [0, 0.05) is 20.9 Å². The van der Waals surface area contributed by atoms with Gasteiger partial charge in [-0.1, -0.05) is 37.5 Å². The lowest BCUT2D eigenvalue weighted by atomic mass is 10.3. The van der Waals surface area contributed by atoms with Crippen molar-refractivity contribution in [1.29, 1.82) is 0 Å². The predicted octanol–water partition coefficient (Wildman–Crippen LogP) is 2.78. The van der Waals surface area contributed by atoms with Crippen LogP contribution in [0.5, 0.6) is 0 Å². The van der Waals surface area contributed by atoms with Gasteiger partial charge in [-0.3, -0.25) is 0 Å². The molecular weight excluding hydrogens is 256 g/mol. The number of rotatable bonds is 6. The van der Waals surface area contributed by atoms with Gasteiger partial charge >= 0.3 is 0 Å². The van der Waals surface area contributed by atoms with Gasteiger partial charge in [-0.05, 0) is 17.7 Å². The molecule has 0 spiro atoms. The van der Waals surface area contributed by atoms with E-state index < -0.39 is 8.07 Å². The van der Waals surface area contributed by atoms with Crippen molar-refractivity contribution < 1.29 is 4.74 Å². The summed E-state index contributed by atoms with van der Waals surface area (Å²) >= 11 is 0. The first-order chi connectivity index (χ1) is 8.99. The fraction of sp³-hybridized carbons (Fsp3) is 0.462. The topological polar surface area (TPSA) is 52.8 Å². The largest absolute Gasteiger partial charge is 0.359 e. The number of fused-ring (bicyclic) bond motifs is 1. The molecule has 0 aliphatic carbocycles. The number of ether oxygens (including phenoxy) is 1. The number of hydrogen-bond acceptors (Lipinski definition) is 4. The van der Waals surface area contributed by atoms with Crippen LogP contribution < -0.4 is 0 Å². The molecule has 19 heavy (non-hydrogen) atoms. The minimum atomic E-state index is -1.04. The van der Waals surface area contributed by atoms with Gasteiger partial charge in [-0.25, -0.2) is 9.67 Å². The average molecular weight is 276 g/mol. The Balaban J connectivity index is 2.00. The number of nitrogens with zero attached hydrogens (tertiary/aromatic N) is 4. The van der Waals surface area contributed by atoms with Crippen LogP contribution in [0.15, 0.2) is 18.8 Å². The Hall–Kier alpha value is -1.53. The molecule has 102 valence electrons. The van der Waals surface area contributed by atoms with Gasteiger partial charge in [0.2, 0.25) is 0 Å². The zero-order valence-electron chi connectivity index (χ0n) is 11.8. The molecule has 0 N–H and O–H groups in total. The third kappa shape index (κ3) is 3.71. The molecule has 0 atom stereocenters. The van der Waals surface area contributed by atoms with Crippen LogP contribution >= 0.6 is 0 Å². The third-order valence-electron chi connectivity index (χ3n) is 2.82. The van der Waals surface area contributed by atoms with Crippen LogP contribution in [0, 0.1) is 0 Å². The Morgan fingerprint density at radius 2 is 2.21 bits per heavy atom. The van der Waals surface area contributed by atoms with Crippen molar-refractivity contribution in [1.82, 2.24) is 20.0 Å². The summed E-state index contributed by atoms with van der Waals surface area (Å²) in [4.78, 5) is 4.33. The van der Waals surface area contributed by atoms with Crippen molar-refractivity contribution in [3.05, 3.63) is 24.4 Å². The Bertz CT molecular complexity index is 574. The van der Waals surface area contributed by atoms with E-state index in [1.54, 1.807) is 17.0 Å². The van der Waals surface area contributed by atoms with Crippen molar-refractivity contribution in [3.63, 3.8) is 0 Å². The number of pyridine rings is 1. The van der Waals surface area contributed by atoms with E-state index >= 15 is 0 Å². The molecule has 0 bridgehead atoms. The number of hydrogen-bond donors (Lipinski definition) is 0. The monoisotopic (exact) mass is 276 g/mol. The van der Waals surface area contributed by atoms with E-state index in [0.29, 0.717) is 6.73 Å². The zero-order chi connectivity index (χ0) is 13.9. The minimum Gasteiger partial charge on any atom is -0.359 e. The molecule has 0 amide bonds. The Morgan fingerprint density at radius 1 is 1.42 bits per heavy atom. The lowest BCUT2D eigenvalue weighted by Crippen LogP contribution is -2.22. The highest BCUT2D eigenvalue weighted by Crippen LogP contribution is 2.12. The highest BCUT2D eigenvalue weighted by molar-refractivity contribution is 6.76. The Labute approximate surface area is 114 Å². The summed E-state index contributed by atoms with van der Waals surface area (Å²) in [5, 5.41) is 8.15. The summed E-state index contributed by atoms with van der Waals surface area (Å²) in [5.74, 6) is 0. The second-order valence-electron chi connectivity index (χ2n) is 5.75. The molecule has 0 aliphatic heterocycles. The molecule has 6 heteroatoms. The fourth-order valence-corrected chi connectivity index (χ4v) is 2.36. The molecule has 2 rings (SSSR count). The van der Waals surface area contributed by atoms with E-state index in [9.17, 15) is 0 Å². The summed E-state index contributed by atoms with van der Waals surface area (Å²) in [7, 11) is -1.04. The smallest absolute Gasteiger partial charge is 0.180 e. The molecule has 0 aromatic carbocycles. The van der Waals surface area contributed by atoms with Crippen molar-refractivity contribution in [3.8, 4) is 0 Å². The highest BCUT2D eigenvalue weighted by Gasteiger charge is 2.12. The van der Waals surface area contributed by atoms with Gasteiger partial charge < -0.3 is 4.74 Å². The van der Waals surface area contributed by atoms with E-state index in [0.717, 1.165) is 29.4 Å². The summed E-state index contributed by atoms with van der Waals surface area (Å²) < 4.78 is 7.34. The Morgan fingerprint density at radius 3 is 2.89 bits per heavy atom. The van der Waals surface area contributed by atoms with Gasteiger partial charge in [0.15, 0.2) is 5.65 Å². The Kier molecular flexibility index (Phi) is 4.11. The summed E-state index contributed by atoms with van der Waals surface area (Å²) in [5.41, 5.74) is 2.46. The van der Waals surface area contributed by atoms with Crippen molar-refractivity contribution in [2.45, 2.75) is 32.4 Å². The maximum atomic E-state index is 5.65. The van der Waals surface area contributed by atoms with Gasteiger partial charge in [0.05, 0.1) is 0 Å². The van der Waals surface area contributed by atoms with Crippen LogP contribution in [0.1, 0.15) is 5.56 Å². The van der Waals surface area contributed by atoms with Crippen LogP contribution in [-0.2, 0) is 11.5 Å². The van der Waals surface area contributed by atoms with E-state index in [1.165, 1.54) is 0 Å². The van der Waals surface area contributed by atoms with Crippen molar-refractivity contribution in [2.75, 3.05) is 6.61 Å². The van der Waals surface area contributed by atoms with Gasteiger partial charge in [-0.15, -0.1) is 5.10 Å². The summed E-state index contributed by atoms with van der Waals surface area (Å²) in [6.07, 6.45) is 3.51. The van der Waals surface area contributed by atoms with E-state index in [-0.39, 0.29) is 0 Å². The molecular formula is C13H20N4OSi. The first-order valence-electron chi connectivity index (χ1n) is 6.39. The normalized spacial score (nSPS) is 11.9. The quantitative estimate of drug-likeness (QED) is 0.601. The molecule has 0 aliphatic rings. The van der Waals surface area contributed by atoms with Gasteiger partial charge in [0.25, 0.3) is 0 Å². The first-order valence-corrected chi connectivity index (χ1v) is 10.1. The fourth-order valence-electron chi connectivity index (χ4n) is 1.61. The molecule has 0 unspecified atom stereocenters.